The van der Waals surface area contributed by atoms with E-state index in [0.717, 1.165) is 42.8 Å². The van der Waals surface area contributed by atoms with Gasteiger partial charge in [-0.15, -0.1) is 11.8 Å². The van der Waals surface area contributed by atoms with Crippen molar-refractivity contribution in [3.05, 3.63) is 53.7 Å². The Hall–Kier alpha value is -2.07. The highest BCUT2D eigenvalue weighted by atomic mass is 32.2. The van der Waals surface area contributed by atoms with Crippen LogP contribution in [0.15, 0.2) is 52.5 Å². The van der Waals surface area contributed by atoms with E-state index >= 15 is 0 Å². The molecular weight excluding hydrogens is 425 g/mol. The molecular formula is C19H19F3N2O3S2. The number of sulfone groups is 1. The van der Waals surface area contributed by atoms with Crippen molar-refractivity contribution in [3.8, 4) is 0 Å². The van der Waals surface area contributed by atoms with Gasteiger partial charge in [-0.1, -0.05) is 6.07 Å². The highest BCUT2D eigenvalue weighted by Crippen LogP contribution is 2.31. The summed E-state index contributed by atoms with van der Waals surface area (Å²) in [6, 6.07) is 6.91. The van der Waals surface area contributed by atoms with Crippen LogP contribution in [0.5, 0.6) is 0 Å². The maximum Gasteiger partial charge on any atom is 0.416 e. The van der Waals surface area contributed by atoms with Crippen LogP contribution in [0.25, 0.3) is 0 Å². The van der Waals surface area contributed by atoms with E-state index in [1.807, 2.05) is 0 Å². The van der Waals surface area contributed by atoms with Crippen LogP contribution in [0, 0.1) is 5.92 Å². The molecule has 0 atom stereocenters. The maximum absolute atomic E-state index is 12.8. The van der Waals surface area contributed by atoms with Crippen LogP contribution >= 0.6 is 11.8 Å². The standard InChI is InChI=1S/C19H19F3N2O3S2/c20-19(21,22)14-3-1-4-15(11-14)29(26,27)10-9-28-18-16(5-2-8-23-18)17(25)24-12-13-6-7-13/h1-5,8,11,13H,6-7,9-10,12H2,(H,24,25). The molecule has 2 aromatic rings. The lowest BCUT2D eigenvalue weighted by Crippen LogP contribution is -2.26. The fourth-order valence-electron chi connectivity index (χ4n) is 2.56. The highest BCUT2D eigenvalue weighted by Gasteiger charge is 2.31. The average molecular weight is 445 g/mol. The second-order valence-corrected chi connectivity index (χ2v) is 9.90. The number of carbonyl (C=O) groups is 1. The van der Waals surface area contributed by atoms with Gasteiger partial charge in [-0.3, -0.25) is 4.79 Å². The zero-order valence-electron chi connectivity index (χ0n) is 15.3. The Labute approximate surface area is 171 Å². The number of pyridine rings is 1. The third-order valence-electron chi connectivity index (χ3n) is 4.38. The maximum atomic E-state index is 12.8. The van der Waals surface area contributed by atoms with Gasteiger partial charge in [0.1, 0.15) is 5.03 Å². The van der Waals surface area contributed by atoms with Crippen LogP contribution in [-0.2, 0) is 16.0 Å². The number of alkyl halides is 3. The van der Waals surface area contributed by atoms with Crippen LogP contribution in [0.4, 0.5) is 13.2 Å². The Bertz CT molecular complexity index is 990. The van der Waals surface area contributed by atoms with E-state index in [1.54, 1.807) is 12.1 Å². The summed E-state index contributed by atoms with van der Waals surface area (Å²) in [7, 11) is -3.91. The molecule has 0 bridgehead atoms. The normalized spacial score (nSPS) is 14.6. The second kappa shape index (κ2) is 8.74. The number of halogens is 3. The van der Waals surface area contributed by atoms with E-state index in [-0.39, 0.29) is 22.3 Å². The van der Waals surface area contributed by atoms with Crippen LogP contribution in [0.2, 0.25) is 0 Å². The molecule has 0 radical (unpaired) electrons. The molecule has 0 aliphatic heterocycles. The average Bonchev–Trinajstić information content (AvgIpc) is 3.50. The summed E-state index contributed by atoms with van der Waals surface area (Å²) in [5, 5.41) is 3.23. The van der Waals surface area contributed by atoms with Gasteiger partial charge in [-0.25, -0.2) is 13.4 Å². The zero-order chi connectivity index (χ0) is 21.1. The van der Waals surface area contributed by atoms with Crippen molar-refractivity contribution < 1.29 is 26.4 Å². The van der Waals surface area contributed by atoms with Crippen molar-refractivity contribution in [2.75, 3.05) is 18.1 Å². The molecule has 1 heterocycles. The number of hydrogen-bond donors (Lipinski definition) is 1. The van der Waals surface area contributed by atoms with Crippen molar-refractivity contribution in [3.63, 3.8) is 0 Å². The lowest BCUT2D eigenvalue weighted by molar-refractivity contribution is -0.137. The first-order valence-corrected chi connectivity index (χ1v) is 11.6. The van der Waals surface area contributed by atoms with Crippen LogP contribution < -0.4 is 5.32 Å². The van der Waals surface area contributed by atoms with E-state index in [1.165, 1.54) is 6.20 Å². The third-order valence-corrected chi connectivity index (χ3v) is 7.35. The summed E-state index contributed by atoms with van der Waals surface area (Å²) in [5.74, 6) is -0.0745. The lowest BCUT2D eigenvalue weighted by atomic mass is 10.2. The fourth-order valence-corrected chi connectivity index (χ4v) is 5.25. The lowest BCUT2D eigenvalue weighted by Gasteiger charge is -2.10. The molecule has 1 aliphatic rings. The first-order chi connectivity index (χ1) is 13.7. The summed E-state index contributed by atoms with van der Waals surface area (Å²) in [4.78, 5) is 16.1. The molecule has 0 saturated heterocycles. The molecule has 1 aromatic carbocycles. The van der Waals surface area contributed by atoms with Crippen molar-refractivity contribution in [2.45, 2.75) is 28.9 Å². The molecule has 0 unspecified atom stereocenters. The number of thioether (sulfide) groups is 1. The largest absolute Gasteiger partial charge is 0.416 e. The Morgan fingerprint density at radius 2 is 1.97 bits per heavy atom. The number of benzene rings is 1. The zero-order valence-corrected chi connectivity index (χ0v) is 16.9. The van der Waals surface area contributed by atoms with E-state index in [9.17, 15) is 26.4 Å². The highest BCUT2D eigenvalue weighted by molar-refractivity contribution is 8.00. The van der Waals surface area contributed by atoms with Gasteiger partial charge in [0.25, 0.3) is 5.91 Å². The monoisotopic (exact) mass is 444 g/mol. The number of carbonyl (C=O) groups excluding carboxylic acids is 1. The van der Waals surface area contributed by atoms with Crippen LogP contribution in [-0.4, -0.2) is 37.4 Å². The molecule has 1 amide bonds. The van der Waals surface area contributed by atoms with Crippen LogP contribution in [0.3, 0.4) is 0 Å². The van der Waals surface area contributed by atoms with Gasteiger partial charge >= 0.3 is 6.18 Å². The van der Waals surface area contributed by atoms with E-state index in [4.69, 9.17) is 0 Å². The molecule has 1 N–H and O–H groups in total. The first-order valence-electron chi connectivity index (χ1n) is 8.93. The van der Waals surface area contributed by atoms with Gasteiger partial charge in [-0.2, -0.15) is 13.2 Å². The van der Waals surface area contributed by atoms with E-state index < -0.39 is 21.6 Å². The molecule has 29 heavy (non-hydrogen) atoms. The van der Waals surface area contributed by atoms with E-state index in [0.29, 0.717) is 29.1 Å². The van der Waals surface area contributed by atoms with Crippen molar-refractivity contribution >= 4 is 27.5 Å². The predicted octanol–water partition coefficient (Wildman–Crippen LogP) is 3.81. The Morgan fingerprint density at radius 3 is 2.66 bits per heavy atom. The number of nitrogens with one attached hydrogen (secondary N) is 1. The number of nitrogens with zero attached hydrogens (tertiary/aromatic N) is 1. The molecule has 0 spiro atoms. The van der Waals surface area contributed by atoms with Gasteiger partial charge in [0.2, 0.25) is 0 Å². The number of hydrogen-bond acceptors (Lipinski definition) is 5. The molecule has 156 valence electrons. The second-order valence-electron chi connectivity index (χ2n) is 6.70. The quantitative estimate of drug-likeness (QED) is 0.627. The number of aromatic nitrogens is 1. The van der Waals surface area contributed by atoms with Gasteiger partial charge in [0, 0.05) is 18.5 Å². The summed E-state index contributed by atoms with van der Waals surface area (Å²) < 4.78 is 63.3. The molecule has 1 aromatic heterocycles. The minimum atomic E-state index is -4.61. The molecule has 5 nitrogen and oxygen atoms in total. The van der Waals surface area contributed by atoms with Crippen molar-refractivity contribution in [1.82, 2.24) is 10.3 Å². The Kier molecular flexibility index (Phi) is 6.52. The smallest absolute Gasteiger partial charge is 0.352 e. The molecule has 1 fully saturated rings. The molecule has 3 rings (SSSR count). The topological polar surface area (TPSA) is 76.1 Å². The summed E-state index contributed by atoms with van der Waals surface area (Å²) >= 11 is 1.08. The summed E-state index contributed by atoms with van der Waals surface area (Å²) in [5.41, 5.74) is -0.653. The number of amides is 1. The van der Waals surface area contributed by atoms with E-state index in [2.05, 4.69) is 10.3 Å². The van der Waals surface area contributed by atoms with Gasteiger partial charge in [-0.05, 0) is 49.1 Å². The van der Waals surface area contributed by atoms with Gasteiger partial charge in [0.05, 0.1) is 21.8 Å². The molecule has 10 heteroatoms. The third kappa shape index (κ3) is 5.96. The minimum Gasteiger partial charge on any atom is -0.352 e. The summed E-state index contributed by atoms with van der Waals surface area (Å²) in [6.45, 7) is 0.599. The molecule has 1 aliphatic carbocycles. The molecule has 1 saturated carbocycles. The van der Waals surface area contributed by atoms with Crippen molar-refractivity contribution in [1.29, 1.82) is 0 Å². The Balaban J connectivity index is 1.64. The summed E-state index contributed by atoms with van der Waals surface area (Å²) in [6.07, 6.45) is -0.914. The SMILES string of the molecule is O=C(NCC1CC1)c1cccnc1SCCS(=O)(=O)c1cccc(C(F)(F)F)c1. The van der Waals surface area contributed by atoms with Gasteiger partial charge < -0.3 is 5.32 Å². The fraction of sp³-hybridized carbons (Fsp3) is 0.368. The Morgan fingerprint density at radius 1 is 1.21 bits per heavy atom. The van der Waals surface area contributed by atoms with Crippen LogP contribution in [0.1, 0.15) is 28.8 Å². The minimum absolute atomic E-state index is 0.0541. The van der Waals surface area contributed by atoms with Gasteiger partial charge in [0.15, 0.2) is 9.84 Å². The first kappa shape index (κ1) is 21.6. The van der Waals surface area contributed by atoms with Crippen molar-refractivity contribution in [2.24, 2.45) is 5.92 Å². The number of rotatable bonds is 8. The predicted molar refractivity (Wildman–Crippen MR) is 104 cm³/mol.